The summed E-state index contributed by atoms with van der Waals surface area (Å²) in [4.78, 5) is 16.3. The van der Waals surface area contributed by atoms with E-state index in [1.807, 2.05) is 62.4 Å². The van der Waals surface area contributed by atoms with E-state index in [0.29, 0.717) is 5.90 Å². The first-order chi connectivity index (χ1) is 11.5. The van der Waals surface area contributed by atoms with Gasteiger partial charge in [-0.3, -0.25) is 0 Å². The van der Waals surface area contributed by atoms with Crippen LogP contribution in [0, 0.1) is 0 Å². The van der Waals surface area contributed by atoms with Crippen LogP contribution in [0.4, 0.5) is 0 Å². The third kappa shape index (κ3) is 3.92. The second-order valence-electron chi connectivity index (χ2n) is 5.58. The molecule has 0 aliphatic carbocycles. The monoisotopic (exact) mass is 385 g/mol. The van der Waals surface area contributed by atoms with Gasteiger partial charge in [-0.15, -0.1) is 0 Å². The second kappa shape index (κ2) is 7.01. The van der Waals surface area contributed by atoms with Gasteiger partial charge in [0.25, 0.3) is 0 Å². The lowest BCUT2D eigenvalue weighted by Crippen LogP contribution is -2.05. The molecule has 0 fully saturated rings. The first kappa shape index (κ1) is 16.5. The fourth-order valence-electron chi connectivity index (χ4n) is 2.23. The van der Waals surface area contributed by atoms with Gasteiger partial charge in [-0.05, 0) is 55.8 Å². The average molecular weight is 386 g/mol. The number of benzene rings is 2. The number of rotatable bonds is 4. The molecule has 0 radical (unpaired) electrons. The molecule has 0 amide bonds. The van der Waals surface area contributed by atoms with Gasteiger partial charge in [0.15, 0.2) is 5.70 Å². The fraction of sp³-hybridized carbons (Fsp3) is 0.158. The zero-order chi connectivity index (χ0) is 17.1. The molecule has 0 unspecified atom stereocenters. The van der Waals surface area contributed by atoms with Crippen LogP contribution in [0.1, 0.15) is 25.0 Å². The van der Waals surface area contributed by atoms with Crippen LogP contribution in [0.25, 0.3) is 6.08 Å². The number of hydrogen-bond donors (Lipinski definition) is 0. The summed E-state index contributed by atoms with van der Waals surface area (Å²) in [5.41, 5.74) is 1.89. The molecular formula is C19H16BrNO3. The van der Waals surface area contributed by atoms with E-state index in [0.717, 1.165) is 21.3 Å². The van der Waals surface area contributed by atoms with Gasteiger partial charge in [-0.1, -0.05) is 34.1 Å². The van der Waals surface area contributed by atoms with Crippen molar-refractivity contribution in [3.63, 3.8) is 0 Å². The summed E-state index contributed by atoms with van der Waals surface area (Å²) in [6, 6.07) is 15.0. The number of hydrogen-bond acceptors (Lipinski definition) is 4. The highest BCUT2D eigenvalue weighted by molar-refractivity contribution is 9.10. The molecule has 0 bridgehead atoms. The van der Waals surface area contributed by atoms with Crippen LogP contribution in [-0.2, 0) is 9.53 Å². The van der Waals surface area contributed by atoms with Gasteiger partial charge in [-0.2, -0.15) is 0 Å². The Bertz CT molecular complexity index is 823. The topological polar surface area (TPSA) is 47.9 Å². The summed E-state index contributed by atoms with van der Waals surface area (Å²) in [5.74, 6) is 0.652. The number of nitrogens with zero attached hydrogens (tertiary/aromatic N) is 1. The molecule has 2 aromatic carbocycles. The molecule has 1 aliphatic heterocycles. The summed E-state index contributed by atoms with van der Waals surface area (Å²) < 4.78 is 11.8. The third-order valence-corrected chi connectivity index (χ3v) is 3.74. The van der Waals surface area contributed by atoms with Gasteiger partial charge in [0.05, 0.1) is 6.10 Å². The van der Waals surface area contributed by atoms with Gasteiger partial charge in [0, 0.05) is 10.0 Å². The molecule has 0 saturated carbocycles. The Kier molecular flexibility index (Phi) is 4.81. The first-order valence-corrected chi connectivity index (χ1v) is 8.36. The largest absolute Gasteiger partial charge is 0.491 e. The predicted octanol–water partition coefficient (Wildman–Crippen LogP) is 4.58. The van der Waals surface area contributed by atoms with E-state index in [2.05, 4.69) is 20.9 Å². The number of carbonyl (C=O) groups excluding carboxylic acids is 1. The number of halogens is 1. The highest BCUT2D eigenvalue weighted by atomic mass is 79.9. The quantitative estimate of drug-likeness (QED) is 0.571. The van der Waals surface area contributed by atoms with Gasteiger partial charge in [0.1, 0.15) is 5.75 Å². The molecule has 3 rings (SSSR count). The van der Waals surface area contributed by atoms with Gasteiger partial charge in [-0.25, -0.2) is 9.79 Å². The van der Waals surface area contributed by atoms with Crippen LogP contribution in [0.3, 0.4) is 0 Å². The number of cyclic esters (lactones) is 1. The lowest BCUT2D eigenvalue weighted by atomic mass is 10.2. The van der Waals surface area contributed by atoms with Crippen molar-refractivity contribution < 1.29 is 14.3 Å². The van der Waals surface area contributed by atoms with E-state index in [4.69, 9.17) is 9.47 Å². The molecule has 4 nitrogen and oxygen atoms in total. The van der Waals surface area contributed by atoms with Gasteiger partial charge >= 0.3 is 5.97 Å². The molecule has 1 aliphatic rings. The van der Waals surface area contributed by atoms with Crippen molar-refractivity contribution >= 4 is 33.9 Å². The van der Waals surface area contributed by atoms with E-state index < -0.39 is 5.97 Å². The SMILES string of the molecule is CC(C)Oc1ccc(/C=C2\N=C(c3cccc(Br)c3)OC2=O)cc1. The molecular weight excluding hydrogens is 370 g/mol. The Labute approximate surface area is 148 Å². The number of ether oxygens (including phenoxy) is 2. The Hall–Kier alpha value is -2.40. The molecule has 0 aromatic heterocycles. The van der Waals surface area contributed by atoms with Gasteiger partial charge < -0.3 is 9.47 Å². The van der Waals surface area contributed by atoms with Crippen LogP contribution in [-0.4, -0.2) is 18.0 Å². The molecule has 5 heteroatoms. The summed E-state index contributed by atoms with van der Waals surface area (Å²) in [6.07, 6.45) is 1.82. The van der Waals surface area contributed by atoms with Crippen LogP contribution >= 0.6 is 15.9 Å². The molecule has 0 saturated heterocycles. The van der Waals surface area contributed by atoms with Crippen molar-refractivity contribution in [1.82, 2.24) is 0 Å². The van der Waals surface area contributed by atoms with Crippen molar-refractivity contribution in [3.05, 3.63) is 69.8 Å². The zero-order valence-electron chi connectivity index (χ0n) is 13.3. The average Bonchev–Trinajstić information content (AvgIpc) is 2.90. The molecule has 0 atom stereocenters. The van der Waals surface area contributed by atoms with Crippen molar-refractivity contribution in [1.29, 1.82) is 0 Å². The maximum atomic E-state index is 12.0. The molecule has 24 heavy (non-hydrogen) atoms. The Morgan fingerprint density at radius 3 is 2.58 bits per heavy atom. The Morgan fingerprint density at radius 1 is 1.17 bits per heavy atom. The van der Waals surface area contributed by atoms with Crippen molar-refractivity contribution in [3.8, 4) is 5.75 Å². The molecule has 0 N–H and O–H groups in total. The first-order valence-electron chi connectivity index (χ1n) is 7.56. The smallest absolute Gasteiger partial charge is 0.363 e. The number of esters is 1. The lowest BCUT2D eigenvalue weighted by molar-refractivity contribution is -0.129. The van der Waals surface area contributed by atoms with Crippen LogP contribution < -0.4 is 4.74 Å². The zero-order valence-corrected chi connectivity index (χ0v) is 14.9. The highest BCUT2D eigenvalue weighted by Gasteiger charge is 2.24. The maximum Gasteiger partial charge on any atom is 0.363 e. The van der Waals surface area contributed by atoms with E-state index in [9.17, 15) is 4.79 Å². The summed E-state index contributed by atoms with van der Waals surface area (Å²) in [6.45, 7) is 3.95. The van der Waals surface area contributed by atoms with E-state index in [-0.39, 0.29) is 11.8 Å². The Balaban J connectivity index is 1.83. The fourth-order valence-corrected chi connectivity index (χ4v) is 2.63. The molecule has 2 aromatic rings. The van der Waals surface area contributed by atoms with Crippen molar-refractivity contribution in [2.75, 3.05) is 0 Å². The summed E-state index contributed by atoms with van der Waals surface area (Å²) in [7, 11) is 0. The normalized spacial score (nSPS) is 15.6. The van der Waals surface area contributed by atoms with Crippen molar-refractivity contribution in [2.45, 2.75) is 20.0 Å². The lowest BCUT2D eigenvalue weighted by Gasteiger charge is -2.09. The van der Waals surface area contributed by atoms with E-state index >= 15 is 0 Å². The minimum atomic E-state index is -0.451. The molecule has 0 spiro atoms. The highest BCUT2D eigenvalue weighted by Crippen LogP contribution is 2.22. The minimum absolute atomic E-state index is 0.122. The van der Waals surface area contributed by atoms with Crippen LogP contribution in [0.2, 0.25) is 0 Å². The number of carbonyl (C=O) groups is 1. The summed E-state index contributed by atoms with van der Waals surface area (Å²) >= 11 is 3.39. The summed E-state index contributed by atoms with van der Waals surface area (Å²) in [5, 5.41) is 0. The molecule has 1 heterocycles. The van der Waals surface area contributed by atoms with Crippen molar-refractivity contribution in [2.24, 2.45) is 4.99 Å². The number of aliphatic imine (C=N–C) groups is 1. The second-order valence-corrected chi connectivity index (χ2v) is 6.50. The van der Waals surface area contributed by atoms with E-state index in [1.54, 1.807) is 6.08 Å². The Morgan fingerprint density at radius 2 is 1.92 bits per heavy atom. The van der Waals surface area contributed by atoms with Crippen LogP contribution in [0.15, 0.2) is 63.7 Å². The third-order valence-electron chi connectivity index (χ3n) is 3.25. The van der Waals surface area contributed by atoms with Crippen LogP contribution in [0.5, 0.6) is 5.75 Å². The maximum absolute atomic E-state index is 12.0. The predicted molar refractivity (Wildman–Crippen MR) is 97.0 cm³/mol. The molecule has 122 valence electrons. The minimum Gasteiger partial charge on any atom is -0.491 e. The standard InChI is InChI=1S/C19H16BrNO3/c1-12(2)23-16-8-6-13(7-9-16)10-17-19(22)24-18(21-17)14-4-3-5-15(20)11-14/h3-12H,1-2H3/b17-10-. The van der Waals surface area contributed by atoms with Gasteiger partial charge in [0.2, 0.25) is 5.90 Å². The van der Waals surface area contributed by atoms with E-state index in [1.165, 1.54) is 0 Å².